The van der Waals surface area contributed by atoms with Crippen LogP contribution in [0.15, 0.2) is 48.5 Å². The van der Waals surface area contributed by atoms with Gasteiger partial charge < -0.3 is 19.5 Å². The zero-order valence-corrected chi connectivity index (χ0v) is 16.0. The van der Waals surface area contributed by atoms with Gasteiger partial charge in [0.2, 0.25) is 0 Å². The molecule has 1 N–H and O–H groups in total. The number of nitrogens with one attached hydrogen (secondary N) is 1. The number of benzene rings is 2. The number of hydrogen-bond acceptors (Lipinski definition) is 4. The van der Waals surface area contributed by atoms with Crippen molar-refractivity contribution < 1.29 is 14.2 Å². The molecule has 0 amide bonds. The second kappa shape index (κ2) is 12.2. The van der Waals surface area contributed by atoms with E-state index in [2.05, 4.69) is 30.4 Å². The molecule has 0 atom stereocenters. The van der Waals surface area contributed by atoms with E-state index in [1.165, 1.54) is 19.3 Å². The standard InChI is InChI=1S/C22H31NO3/c1-3-4-5-8-15-25-21-13-11-20(12-14-21)23-18-19-9-6-7-10-22(19)26-17-16-24-2/h6-7,9-14,23H,3-5,8,15-18H2,1-2H3. The van der Waals surface area contributed by atoms with E-state index in [1.54, 1.807) is 7.11 Å². The molecule has 26 heavy (non-hydrogen) atoms. The van der Waals surface area contributed by atoms with Gasteiger partial charge in [-0.05, 0) is 36.8 Å². The minimum Gasteiger partial charge on any atom is -0.494 e. The molecule has 4 nitrogen and oxygen atoms in total. The molecule has 0 saturated carbocycles. The lowest BCUT2D eigenvalue weighted by Gasteiger charge is -2.13. The molecule has 0 saturated heterocycles. The number of methoxy groups -OCH3 is 1. The third kappa shape index (κ3) is 7.36. The van der Waals surface area contributed by atoms with Crippen LogP contribution in [0, 0.1) is 0 Å². The second-order valence-electron chi connectivity index (χ2n) is 6.24. The molecule has 2 aromatic carbocycles. The van der Waals surface area contributed by atoms with Crippen molar-refractivity contribution in [3.8, 4) is 11.5 Å². The van der Waals surface area contributed by atoms with E-state index in [9.17, 15) is 0 Å². The van der Waals surface area contributed by atoms with E-state index in [-0.39, 0.29) is 0 Å². The highest BCUT2D eigenvalue weighted by atomic mass is 16.5. The van der Waals surface area contributed by atoms with Crippen LogP contribution in [-0.4, -0.2) is 26.9 Å². The SMILES string of the molecule is CCCCCCOc1ccc(NCc2ccccc2OCCOC)cc1. The fourth-order valence-electron chi connectivity index (χ4n) is 2.61. The molecule has 2 rings (SSSR count). The summed E-state index contributed by atoms with van der Waals surface area (Å²) in [4.78, 5) is 0. The maximum absolute atomic E-state index is 5.78. The summed E-state index contributed by atoms with van der Waals surface area (Å²) in [6.07, 6.45) is 4.89. The van der Waals surface area contributed by atoms with Gasteiger partial charge in [0.1, 0.15) is 18.1 Å². The number of hydrogen-bond donors (Lipinski definition) is 1. The third-order valence-corrected chi connectivity index (χ3v) is 4.12. The Morgan fingerprint density at radius 2 is 1.62 bits per heavy atom. The summed E-state index contributed by atoms with van der Waals surface area (Å²) in [5, 5.41) is 3.44. The molecule has 2 aromatic rings. The minimum atomic E-state index is 0.553. The third-order valence-electron chi connectivity index (χ3n) is 4.12. The predicted molar refractivity (Wildman–Crippen MR) is 107 cm³/mol. The first-order valence-electron chi connectivity index (χ1n) is 9.50. The van der Waals surface area contributed by atoms with Crippen molar-refractivity contribution in [2.75, 3.05) is 32.2 Å². The molecule has 0 fully saturated rings. The summed E-state index contributed by atoms with van der Waals surface area (Å²) >= 11 is 0. The minimum absolute atomic E-state index is 0.553. The van der Waals surface area contributed by atoms with Crippen LogP contribution in [0.4, 0.5) is 5.69 Å². The van der Waals surface area contributed by atoms with Gasteiger partial charge in [0.15, 0.2) is 0 Å². The monoisotopic (exact) mass is 357 g/mol. The van der Waals surface area contributed by atoms with E-state index < -0.39 is 0 Å². The zero-order chi connectivity index (χ0) is 18.5. The Labute approximate surface area is 157 Å². The first-order chi connectivity index (χ1) is 12.8. The topological polar surface area (TPSA) is 39.7 Å². The summed E-state index contributed by atoms with van der Waals surface area (Å²) in [6.45, 7) is 4.86. The summed E-state index contributed by atoms with van der Waals surface area (Å²) < 4.78 is 16.6. The Kier molecular flexibility index (Phi) is 9.44. The van der Waals surface area contributed by atoms with Crippen molar-refractivity contribution in [1.82, 2.24) is 0 Å². The highest BCUT2D eigenvalue weighted by Gasteiger charge is 2.03. The van der Waals surface area contributed by atoms with Crippen LogP contribution in [0.2, 0.25) is 0 Å². The summed E-state index contributed by atoms with van der Waals surface area (Å²) in [5.41, 5.74) is 2.19. The van der Waals surface area contributed by atoms with E-state index in [0.29, 0.717) is 19.8 Å². The summed E-state index contributed by atoms with van der Waals surface area (Å²) in [5.74, 6) is 1.82. The first kappa shape index (κ1) is 20.1. The number of rotatable bonds is 13. The van der Waals surface area contributed by atoms with Crippen molar-refractivity contribution in [3.63, 3.8) is 0 Å². The fraction of sp³-hybridized carbons (Fsp3) is 0.455. The van der Waals surface area contributed by atoms with Crippen molar-refractivity contribution in [1.29, 1.82) is 0 Å². The van der Waals surface area contributed by atoms with Crippen LogP contribution in [0.3, 0.4) is 0 Å². The molecule has 0 aliphatic carbocycles. The van der Waals surface area contributed by atoms with Gasteiger partial charge in [-0.1, -0.05) is 44.4 Å². The van der Waals surface area contributed by atoms with Gasteiger partial charge >= 0.3 is 0 Å². The van der Waals surface area contributed by atoms with E-state index in [1.807, 2.05) is 30.3 Å². The van der Waals surface area contributed by atoms with Crippen LogP contribution < -0.4 is 14.8 Å². The van der Waals surface area contributed by atoms with Gasteiger partial charge in [-0.25, -0.2) is 0 Å². The number of anilines is 1. The highest BCUT2D eigenvalue weighted by Crippen LogP contribution is 2.21. The lowest BCUT2D eigenvalue weighted by atomic mass is 10.2. The van der Waals surface area contributed by atoms with Crippen LogP contribution in [0.5, 0.6) is 11.5 Å². The van der Waals surface area contributed by atoms with E-state index in [0.717, 1.165) is 35.8 Å². The van der Waals surface area contributed by atoms with E-state index >= 15 is 0 Å². The largest absolute Gasteiger partial charge is 0.494 e. The van der Waals surface area contributed by atoms with Gasteiger partial charge in [-0.2, -0.15) is 0 Å². The molecular formula is C22H31NO3. The molecule has 0 aliphatic heterocycles. The molecule has 0 radical (unpaired) electrons. The maximum Gasteiger partial charge on any atom is 0.124 e. The molecule has 0 aliphatic rings. The lowest BCUT2D eigenvalue weighted by molar-refractivity contribution is 0.146. The summed E-state index contributed by atoms with van der Waals surface area (Å²) in [6, 6.07) is 16.2. The molecule has 0 heterocycles. The zero-order valence-electron chi connectivity index (χ0n) is 16.0. The van der Waals surface area contributed by atoms with Gasteiger partial charge in [-0.15, -0.1) is 0 Å². The van der Waals surface area contributed by atoms with Gasteiger partial charge in [-0.3, -0.25) is 0 Å². The Hall–Kier alpha value is -2.20. The first-order valence-corrected chi connectivity index (χ1v) is 9.50. The second-order valence-corrected chi connectivity index (χ2v) is 6.24. The Balaban J connectivity index is 1.79. The fourth-order valence-corrected chi connectivity index (χ4v) is 2.61. The number of unbranched alkanes of at least 4 members (excludes halogenated alkanes) is 3. The normalized spacial score (nSPS) is 10.5. The predicted octanol–water partition coefficient (Wildman–Crippen LogP) is 5.28. The van der Waals surface area contributed by atoms with Crippen molar-refractivity contribution in [3.05, 3.63) is 54.1 Å². The van der Waals surface area contributed by atoms with Gasteiger partial charge in [0.25, 0.3) is 0 Å². The lowest BCUT2D eigenvalue weighted by Crippen LogP contribution is -2.07. The van der Waals surface area contributed by atoms with Crippen molar-refractivity contribution in [2.45, 2.75) is 39.2 Å². The number of para-hydroxylation sites is 1. The molecular weight excluding hydrogens is 326 g/mol. The maximum atomic E-state index is 5.78. The molecule has 142 valence electrons. The van der Waals surface area contributed by atoms with Crippen LogP contribution >= 0.6 is 0 Å². The smallest absolute Gasteiger partial charge is 0.124 e. The molecule has 0 aromatic heterocycles. The van der Waals surface area contributed by atoms with Crippen molar-refractivity contribution >= 4 is 5.69 Å². The average Bonchev–Trinajstić information content (AvgIpc) is 2.68. The van der Waals surface area contributed by atoms with Gasteiger partial charge in [0.05, 0.1) is 13.2 Å². The van der Waals surface area contributed by atoms with Gasteiger partial charge in [0, 0.05) is 24.9 Å². The molecule has 0 bridgehead atoms. The van der Waals surface area contributed by atoms with Crippen molar-refractivity contribution in [2.24, 2.45) is 0 Å². The van der Waals surface area contributed by atoms with Crippen LogP contribution in [-0.2, 0) is 11.3 Å². The van der Waals surface area contributed by atoms with E-state index in [4.69, 9.17) is 14.2 Å². The Bertz CT molecular complexity index is 613. The summed E-state index contributed by atoms with van der Waals surface area (Å²) in [7, 11) is 1.68. The number of ether oxygens (including phenoxy) is 3. The quantitative estimate of drug-likeness (QED) is 0.495. The highest BCUT2D eigenvalue weighted by molar-refractivity contribution is 5.47. The molecule has 0 spiro atoms. The average molecular weight is 357 g/mol. The molecule has 0 unspecified atom stereocenters. The van der Waals surface area contributed by atoms with Crippen LogP contribution in [0.25, 0.3) is 0 Å². The Morgan fingerprint density at radius 3 is 2.38 bits per heavy atom. The Morgan fingerprint density at radius 1 is 0.808 bits per heavy atom. The van der Waals surface area contributed by atoms with Crippen LogP contribution in [0.1, 0.15) is 38.2 Å². The molecule has 4 heteroatoms.